The standard InChI is InChI=1S/C67H73Cl2N9O25/c1-23(2)12-34(71-5)58(88)76-49-51(84)26-7-10-38(32(68)14-26)98-40-16-28-17-41(55(40)102-65-56(54(87)53(86)42(22-79)100-65)101-44-21-67(4)57(24(3)97-44)103-66(96)78-67)99-39-11-8-27(15-33(39)69)52(85)50-63(93)75-48(64(94)95)31-18-29(80)19-37(82)45(31)30-13-25(6-9-36(30)81)46(60(90)77-50)74-61(91)47(28)73-59(89)35(20-43(70)83)72-62(49)92/h6-11,13-19,23-24,34-35,42,44,46-54,56-57,65,71,79-82,84-87H,12,20-22H2,1-5H3,(H2,70,83)(H,72,92)(H,73,89)(H,74,91)(H,75,93)(H,76,88)(H,77,90)(H,78,96)(H,94,95)/t24-,34+,35-,42+,44-,46+,47+,48-,49+,50-,51+,52+,53+,54-,56+,57+,65-,67-/m0/s1. The van der Waals surface area contributed by atoms with Gasteiger partial charge < -0.3 is 127 Å². The molecular formula is C67H73Cl2N9O25. The van der Waals surface area contributed by atoms with E-state index in [0.29, 0.717) is 0 Å². The molecule has 0 saturated carbocycles. The topological polar surface area (TPSA) is 523 Å². The molecule has 3 saturated heterocycles. The first-order chi connectivity index (χ1) is 48.7. The third-order valence-corrected chi connectivity index (χ3v) is 18.9. The fourth-order valence-corrected chi connectivity index (χ4v) is 13.6. The zero-order valence-electron chi connectivity index (χ0n) is 55.1. The number of aliphatic carboxylic acids is 1. The number of carboxylic acid groups (broad SMARTS) is 1. The number of amides is 8. The first-order valence-corrected chi connectivity index (χ1v) is 33.0. The van der Waals surface area contributed by atoms with E-state index in [1.54, 1.807) is 13.8 Å². The monoisotopic (exact) mass is 1470 g/mol. The zero-order chi connectivity index (χ0) is 74.5. The summed E-state index contributed by atoms with van der Waals surface area (Å²) in [6, 6.07) is -0.696. The van der Waals surface area contributed by atoms with Crippen LogP contribution in [-0.4, -0.2) is 192 Å². The van der Waals surface area contributed by atoms with Crippen LogP contribution in [0.1, 0.15) is 105 Å². The molecule has 8 aliphatic rings. The Kier molecular flexibility index (Phi) is 21.5. The van der Waals surface area contributed by atoms with Crippen molar-refractivity contribution in [3.63, 3.8) is 0 Å². The number of aromatic hydroxyl groups is 3. The number of benzene rings is 5. The number of carbonyl (C=O) groups is 9. The highest BCUT2D eigenvalue weighted by Crippen LogP contribution is 2.50. The molecule has 19 N–H and O–H groups in total. The van der Waals surface area contributed by atoms with Crippen LogP contribution in [0.25, 0.3) is 11.1 Å². The Morgan fingerprint density at radius 2 is 1.34 bits per heavy atom. The molecule has 0 spiro atoms. The number of halogens is 2. The van der Waals surface area contributed by atoms with Gasteiger partial charge in [0.05, 0.1) is 40.8 Å². The van der Waals surface area contributed by atoms with E-state index in [4.69, 9.17) is 62.1 Å². The summed E-state index contributed by atoms with van der Waals surface area (Å²) in [7, 11) is 1.47. The van der Waals surface area contributed by atoms with Crippen molar-refractivity contribution in [1.29, 1.82) is 0 Å². The quantitative estimate of drug-likeness (QED) is 0.0778. The third-order valence-electron chi connectivity index (χ3n) is 18.3. The van der Waals surface area contributed by atoms with Crippen molar-refractivity contribution < 1.29 is 122 Å². The van der Waals surface area contributed by atoms with Gasteiger partial charge in [0.25, 0.3) is 0 Å². The zero-order valence-corrected chi connectivity index (χ0v) is 56.6. The van der Waals surface area contributed by atoms with Gasteiger partial charge in [-0.25, -0.2) is 9.59 Å². The summed E-state index contributed by atoms with van der Waals surface area (Å²) >= 11 is 14.1. The molecule has 36 heteroatoms. The number of hydrogen-bond acceptors (Lipinski definition) is 25. The van der Waals surface area contributed by atoms with Crippen LogP contribution in [0.4, 0.5) is 4.79 Å². The number of carboxylic acids is 1. The molecule has 8 amide bonds. The molecule has 0 aromatic heterocycles. The Bertz CT molecular complexity index is 4230. The van der Waals surface area contributed by atoms with Gasteiger partial charge in [-0.2, -0.15) is 0 Å². The number of primary amides is 1. The maximum Gasteiger partial charge on any atom is 0.408 e. The lowest BCUT2D eigenvalue weighted by Gasteiger charge is -2.46. The Morgan fingerprint density at radius 1 is 0.718 bits per heavy atom. The lowest BCUT2D eigenvalue weighted by atomic mass is 9.86. The summed E-state index contributed by atoms with van der Waals surface area (Å²) in [4.78, 5) is 130. The normalized spacial score (nSPS) is 29.5. The second-order valence-electron chi connectivity index (χ2n) is 26.1. The van der Waals surface area contributed by atoms with Crippen LogP contribution in [0, 0.1) is 5.92 Å². The van der Waals surface area contributed by atoms with Crippen LogP contribution < -0.4 is 62.5 Å². The van der Waals surface area contributed by atoms with Crippen LogP contribution >= 0.6 is 23.2 Å². The summed E-state index contributed by atoms with van der Waals surface area (Å²) in [5.41, 5.74) is 1.75. The molecule has 34 nitrogen and oxygen atoms in total. The number of fused-ring (bicyclic) bond motifs is 16. The maximum absolute atomic E-state index is 16.1. The molecule has 103 heavy (non-hydrogen) atoms. The van der Waals surface area contributed by atoms with Crippen LogP contribution in [0.15, 0.2) is 78.9 Å². The number of phenols is 3. The molecular weight excluding hydrogens is 1400 g/mol. The molecule has 0 unspecified atom stereocenters. The summed E-state index contributed by atoms with van der Waals surface area (Å²) in [6.45, 7) is 5.89. The number of ether oxygens (including phenoxy) is 7. The predicted molar refractivity (Wildman–Crippen MR) is 353 cm³/mol. The van der Waals surface area contributed by atoms with E-state index in [9.17, 15) is 74.7 Å². The Labute approximate surface area is 594 Å². The average molecular weight is 1480 g/mol. The Morgan fingerprint density at radius 3 is 1.95 bits per heavy atom. The highest BCUT2D eigenvalue weighted by molar-refractivity contribution is 6.32. The predicted octanol–water partition coefficient (Wildman–Crippen LogP) is 0.895. The van der Waals surface area contributed by atoms with Crippen molar-refractivity contribution in [3.05, 3.63) is 117 Å². The number of likely N-dealkylation sites (N-methyl/N-ethyl adjacent to an activating group) is 1. The number of phenolic OH excluding ortho intramolecular Hbond substituents is 3. The van der Waals surface area contributed by atoms with Crippen molar-refractivity contribution in [2.24, 2.45) is 11.7 Å². The van der Waals surface area contributed by atoms with Crippen molar-refractivity contribution in [2.45, 2.75) is 156 Å². The molecule has 0 aliphatic carbocycles. The first-order valence-electron chi connectivity index (χ1n) is 32.2. The van der Waals surface area contributed by atoms with E-state index in [1.165, 1.54) is 19.2 Å². The number of aliphatic hydroxyl groups excluding tert-OH is 5. The van der Waals surface area contributed by atoms with Gasteiger partial charge in [0, 0.05) is 29.2 Å². The Hall–Kier alpha value is -9.85. The number of nitrogens with two attached hydrogens (primary N) is 1. The van der Waals surface area contributed by atoms with Crippen LogP contribution in [0.2, 0.25) is 10.0 Å². The molecule has 11 bridgehead atoms. The highest BCUT2D eigenvalue weighted by atomic mass is 35.5. The lowest BCUT2D eigenvalue weighted by Crippen LogP contribution is -2.63. The molecule has 5 aromatic rings. The molecule has 3 fully saturated rings. The van der Waals surface area contributed by atoms with Crippen molar-refractivity contribution in [3.8, 4) is 57.1 Å². The molecule has 18 atom stereocenters. The fourth-order valence-electron chi connectivity index (χ4n) is 13.2. The smallest absolute Gasteiger partial charge is 0.408 e. The Balaban J connectivity index is 1.15. The van der Waals surface area contributed by atoms with Gasteiger partial charge in [-0.15, -0.1) is 0 Å². The summed E-state index contributed by atoms with van der Waals surface area (Å²) in [5, 5.41) is 123. The van der Waals surface area contributed by atoms with Crippen LogP contribution in [0.3, 0.4) is 0 Å². The van der Waals surface area contributed by atoms with E-state index in [-0.39, 0.29) is 46.2 Å². The van der Waals surface area contributed by atoms with Crippen molar-refractivity contribution in [2.75, 3.05) is 13.7 Å². The van der Waals surface area contributed by atoms with Crippen LogP contribution in [-0.2, 0) is 57.3 Å². The minimum Gasteiger partial charge on any atom is -0.508 e. The molecule has 8 heterocycles. The number of rotatable bonds is 13. The summed E-state index contributed by atoms with van der Waals surface area (Å²) in [5.74, 6) is -16.0. The van der Waals surface area contributed by atoms with Gasteiger partial charge in [0.15, 0.2) is 36.0 Å². The van der Waals surface area contributed by atoms with E-state index in [0.717, 1.165) is 66.7 Å². The molecule has 0 radical (unpaired) electrons. The number of alkyl carbamates (subject to hydrolysis) is 1. The minimum atomic E-state index is -2.35. The van der Waals surface area contributed by atoms with Crippen molar-refractivity contribution in [1.82, 2.24) is 42.5 Å². The second-order valence-corrected chi connectivity index (χ2v) is 26.9. The lowest BCUT2D eigenvalue weighted by molar-refractivity contribution is -0.332. The largest absolute Gasteiger partial charge is 0.508 e. The maximum atomic E-state index is 16.1. The molecule has 13 rings (SSSR count). The van der Waals surface area contributed by atoms with Crippen molar-refractivity contribution >= 4 is 76.6 Å². The van der Waals surface area contributed by atoms with E-state index in [2.05, 4.69) is 42.5 Å². The van der Waals surface area contributed by atoms with E-state index < -0.39 is 243 Å². The van der Waals surface area contributed by atoms with Gasteiger partial charge in [0.1, 0.15) is 89.5 Å². The average Bonchev–Trinajstić information content (AvgIpc) is 1.75. The number of carbonyl (C=O) groups excluding carboxylic acids is 8. The van der Waals surface area contributed by atoms with Gasteiger partial charge in [-0.3, -0.25) is 33.6 Å². The summed E-state index contributed by atoms with van der Waals surface area (Å²) < 4.78 is 44.2. The van der Waals surface area contributed by atoms with E-state index >= 15 is 14.4 Å². The fraction of sp³-hybridized carbons (Fsp3) is 0.418. The van der Waals surface area contributed by atoms with Gasteiger partial charge in [-0.05, 0) is 110 Å². The highest BCUT2D eigenvalue weighted by Gasteiger charge is 2.56. The minimum absolute atomic E-state index is 0.100. The van der Waals surface area contributed by atoms with Crippen LogP contribution in [0.5, 0.6) is 46.0 Å². The molecule has 550 valence electrons. The van der Waals surface area contributed by atoms with E-state index in [1.807, 2.05) is 13.8 Å². The third kappa shape index (κ3) is 15.3. The number of nitrogens with one attached hydrogen (secondary N) is 8. The van der Waals surface area contributed by atoms with Gasteiger partial charge in [-0.1, -0.05) is 55.2 Å². The molecule has 5 aromatic carbocycles. The van der Waals surface area contributed by atoms with Gasteiger partial charge >= 0.3 is 12.1 Å². The molecule has 8 aliphatic heterocycles. The van der Waals surface area contributed by atoms with Gasteiger partial charge in [0.2, 0.25) is 53.4 Å². The summed E-state index contributed by atoms with van der Waals surface area (Å²) in [6.07, 6.45) is -18.7. The first kappa shape index (κ1) is 74.3. The number of aliphatic hydroxyl groups is 5. The number of hydrogen-bond donors (Lipinski definition) is 18. The SMILES string of the molecule is CN[C@H](CC(C)C)C(=O)N[C@H]1C(=O)N[C@@H](CC(N)=O)C(=O)N[C@H]2C(=O)N[C@H]3C(=O)N[C@H](C(=O)N[C@H](C(=O)O)c4cc(O)cc(O)c4-c4cc3ccc4O)[C@H](O)c3ccc(c(Cl)c3)Oc3cc2cc(c3O[C@@H]2O[C@H](CO)[C@@H](O)[C@H](O)[C@H]2O[C@H]2C[C@]3(C)NC(=O)O[C@@H]3[C@H](C)O2)Oc2ccc(cc2Cl)[C@H]1O. The second kappa shape index (κ2) is 29.9.